The van der Waals surface area contributed by atoms with Gasteiger partial charge in [0, 0.05) is 0 Å². The molecule has 0 aliphatic rings. The molecule has 108 valence electrons. The van der Waals surface area contributed by atoms with Crippen molar-refractivity contribution in [1.29, 1.82) is 5.26 Å². The van der Waals surface area contributed by atoms with Crippen molar-refractivity contribution < 1.29 is 8.42 Å². The first-order valence-electron chi connectivity index (χ1n) is 5.83. The lowest BCUT2D eigenvalue weighted by molar-refractivity contribution is 0.600. The van der Waals surface area contributed by atoms with Gasteiger partial charge in [0.25, 0.3) is 10.0 Å². The van der Waals surface area contributed by atoms with Crippen LogP contribution < -0.4 is 4.72 Å². The summed E-state index contributed by atoms with van der Waals surface area (Å²) in [5, 5.41) is 9.23. The van der Waals surface area contributed by atoms with Crippen LogP contribution in [-0.4, -0.2) is 8.42 Å². The lowest BCUT2D eigenvalue weighted by Gasteiger charge is -2.12. The van der Waals surface area contributed by atoms with E-state index in [0.717, 1.165) is 0 Å². The minimum absolute atomic E-state index is 0.119. The zero-order valence-electron chi connectivity index (χ0n) is 10.9. The number of anilines is 1. The monoisotopic (exact) mass is 384 g/mol. The van der Waals surface area contributed by atoms with Crippen molar-refractivity contribution in [2.24, 2.45) is 0 Å². The molecule has 0 atom stereocenters. The maximum Gasteiger partial charge on any atom is 0.262 e. The zero-order valence-corrected chi connectivity index (χ0v) is 14.1. The predicted octanol–water partition coefficient (Wildman–Crippen LogP) is 4.08. The van der Waals surface area contributed by atoms with Gasteiger partial charge >= 0.3 is 0 Å². The Kier molecular flexibility index (Phi) is 4.57. The summed E-state index contributed by atoms with van der Waals surface area (Å²) in [5.41, 5.74) is 1.27. The molecule has 4 nitrogen and oxygen atoms in total. The molecule has 0 saturated heterocycles. The van der Waals surface area contributed by atoms with Crippen molar-refractivity contribution >= 4 is 43.2 Å². The molecule has 0 spiro atoms. The molecule has 0 fully saturated rings. The van der Waals surface area contributed by atoms with Crippen molar-refractivity contribution in [1.82, 2.24) is 0 Å². The summed E-state index contributed by atoms with van der Waals surface area (Å²) in [5.74, 6) is 0. The van der Waals surface area contributed by atoms with E-state index in [9.17, 15) is 8.42 Å². The maximum atomic E-state index is 12.4. The lowest BCUT2D eigenvalue weighted by Crippen LogP contribution is -2.14. The van der Waals surface area contributed by atoms with Crippen LogP contribution in [-0.2, 0) is 10.0 Å². The molecule has 1 N–H and O–H groups in total. The summed E-state index contributed by atoms with van der Waals surface area (Å²) in [6, 6.07) is 11.3. The molecular formula is C14H10BrClN2O2S. The normalized spacial score (nSPS) is 11.0. The largest absolute Gasteiger partial charge is 0.278 e. The minimum Gasteiger partial charge on any atom is -0.278 e. The molecule has 0 amide bonds. The molecule has 0 aliphatic carbocycles. The van der Waals surface area contributed by atoms with Crippen molar-refractivity contribution in [2.45, 2.75) is 11.8 Å². The SMILES string of the molecule is Cc1cc(C#N)ccc1S(=O)(=O)Nc1cccc(Cl)c1Br. The van der Waals surface area contributed by atoms with Gasteiger partial charge in [0.15, 0.2) is 0 Å². The number of halogens is 2. The van der Waals surface area contributed by atoms with Crippen LogP contribution in [0, 0.1) is 18.3 Å². The molecule has 2 aromatic carbocycles. The summed E-state index contributed by atoms with van der Waals surface area (Å²) < 4.78 is 27.8. The average Bonchev–Trinajstić information content (AvgIpc) is 2.43. The van der Waals surface area contributed by atoms with Gasteiger partial charge in [-0.3, -0.25) is 4.72 Å². The third-order valence-electron chi connectivity index (χ3n) is 2.79. The maximum absolute atomic E-state index is 12.4. The number of nitrogens with zero attached hydrogens (tertiary/aromatic N) is 1. The second-order valence-corrected chi connectivity index (χ2v) is 7.15. The molecule has 0 unspecified atom stereocenters. The Balaban J connectivity index is 2.44. The van der Waals surface area contributed by atoms with Crippen molar-refractivity contribution in [3.8, 4) is 6.07 Å². The van der Waals surface area contributed by atoms with E-state index in [1.807, 2.05) is 6.07 Å². The van der Waals surface area contributed by atoms with Gasteiger partial charge in [0.1, 0.15) is 0 Å². The first-order valence-corrected chi connectivity index (χ1v) is 8.48. The van der Waals surface area contributed by atoms with Crippen LogP contribution in [0.2, 0.25) is 5.02 Å². The molecule has 2 aromatic rings. The molecule has 7 heteroatoms. The van der Waals surface area contributed by atoms with Gasteiger partial charge in [-0.15, -0.1) is 0 Å². The molecule has 0 saturated carbocycles. The number of aryl methyl sites for hydroxylation is 1. The molecule has 0 bridgehead atoms. The van der Waals surface area contributed by atoms with E-state index in [0.29, 0.717) is 26.3 Å². The Bertz CT molecular complexity index is 845. The van der Waals surface area contributed by atoms with Gasteiger partial charge in [-0.2, -0.15) is 5.26 Å². The van der Waals surface area contributed by atoms with Gasteiger partial charge in [-0.05, 0) is 58.7 Å². The third kappa shape index (κ3) is 3.38. The van der Waals surface area contributed by atoms with Crippen LogP contribution in [0.25, 0.3) is 0 Å². The van der Waals surface area contributed by atoms with Gasteiger partial charge in [-0.1, -0.05) is 17.7 Å². The van der Waals surface area contributed by atoms with Crippen LogP contribution in [0.5, 0.6) is 0 Å². The highest BCUT2D eigenvalue weighted by Gasteiger charge is 2.18. The van der Waals surface area contributed by atoms with Gasteiger partial charge in [0.2, 0.25) is 0 Å². The predicted molar refractivity (Wildman–Crippen MR) is 85.9 cm³/mol. The van der Waals surface area contributed by atoms with Crippen LogP contribution in [0.15, 0.2) is 45.8 Å². The Morgan fingerprint density at radius 1 is 1.29 bits per heavy atom. The summed E-state index contributed by atoms with van der Waals surface area (Å²) in [7, 11) is -3.76. The van der Waals surface area contributed by atoms with E-state index in [1.54, 1.807) is 25.1 Å². The quantitative estimate of drug-likeness (QED) is 0.865. The number of nitrogens with one attached hydrogen (secondary N) is 1. The third-order valence-corrected chi connectivity index (χ3v) is 5.71. The van der Waals surface area contributed by atoms with Crippen LogP contribution in [0.1, 0.15) is 11.1 Å². The summed E-state index contributed by atoms with van der Waals surface area (Å²) in [6.45, 7) is 1.64. The highest BCUT2D eigenvalue weighted by atomic mass is 79.9. The van der Waals surface area contributed by atoms with Crippen molar-refractivity contribution in [3.63, 3.8) is 0 Å². The van der Waals surface area contributed by atoms with E-state index >= 15 is 0 Å². The van der Waals surface area contributed by atoms with E-state index < -0.39 is 10.0 Å². The summed E-state index contributed by atoms with van der Waals surface area (Å²) >= 11 is 9.19. The van der Waals surface area contributed by atoms with Crippen LogP contribution >= 0.6 is 27.5 Å². The second kappa shape index (κ2) is 6.06. The second-order valence-electron chi connectivity index (χ2n) is 4.30. The van der Waals surface area contributed by atoms with Crippen molar-refractivity contribution in [3.05, 3.63) is 57.0 Å². The van der Waals surface area contributed by atoms with E-state index in [4.69, 9.17) is 16.9 Å². The standard InChI is InChI=1S/C14H10BrClN2O2S/c1-9-7-10(8-17)5-6-13(9)21(19,20)18-12-4-2-3-11(16)14(12)15/h2-7,18H,1H3. The molecule has 0 aliphatic heterocycles. The molecule has 0 aromatic heterocycles. The Morgan fingerprint density at radius 2 is 2.00 bits per heavy atom. The number of sulfonamides is 1. The topological polar surface area (TPSA) is 70.0 Å². The smallest absolute Gasteiger partial charge is 0.262 e. The Hall–Kier alpha value is -1.55. The fourth-order valence-electron chi connectivity index (χ4n) is 1.80. The van der Waals surface area contributed by atoms with Gasteiger partial charge in [0.05, 0.1) is 31.7 Å². The lowest BCUT2D eigenvalue weighted by atomic mass is 10.2. The van der Waals surface area contributed by atoms with Gasteiger partial charge < -0.3 is 0 Å². The van der Waals surface area contributed by atoms with E-state index in [2.05, 4.69) is 20.7 Å². The van der Waals surface area contributed by atoms with Crippen molar-refractivity contribution in [2.75, 3.05) is 4.72 Å². The highest BCUT2D eigenvalue weighted by Crippen LogP contribution is 2.32. The number of hydrogen-bond acceptors (Lipinski definition) is 3. The Morgan fingerprint density at radius 3 is 2.62 bits per heavy atom. The first-order chi connectivity index (χ1) is 9.85. The first kappa shape index (κ1) is 15.8. The highest BCUT2D eigenvalue weighted by molar-refractivity contribution is 9.10. The van der Waals surface area contributed by atoms with Gasteiger partial charge in [-0.25, -0.2) is 8.42 Å². The van der Waals surface area contributed by atoms with E-state index in [1.165, 1.54) is 18.2 Å². The number of nitriles is 1. The molecule has 2 rings (SSSR count). The zero-order chi connectivity index (χ0) is 15.6. The minimum atomic E-state index is -3.76. The molecule has 0 radical (unpaired) electrons. The number of benzene rings is 2. The summed E-state index contributed by atoms with van der Waals surface area (Å²) in [4.78, 5) is 0.119. The van der Waals surface area contributed by atoms with E-state index in [-0.39, 0.29) is 4.90 Å². The summed E-state index contributed by atoms with van der Waals surface area (Å²) in [6.07, 6.45) is 0. The average molecular weight is 386 g/mol. The fourth-order valence-corrected chi connectivity index (χ4v) is 3.77. The van der Waals surface area contributed by atoms with Crippen LogP contribution in [0.3, 0.4) is 0 Å². The Labute approximate surface area is 136 Å². The molecule has 0 heterocycles. The number of rotatable bonds is 3. The van der Waals surface area contributed by atoms with Crippen LogP contribution in [0.4, 0.5) is 5.69 Å². The fraction of sp³-hybridized carbons (Fsp3) is 0.0714. The number of hydrogen-bond donors (Lipinski definition) is 1. The molecular weight excluding hydrogens is 376 g/mol. The molecule has 21 heavy (non-hydrogen) atoms.